The number of rotatable bonds is 5. The van der Waals surface area contributed by atoms with E-state index in [1.54, 1.807) is 17.0 Å². The first-order valence-electron chi connectivity index (χ1n) is 10.9. The molecule has 0 radical (unpaired) electrons. The third-order valence-corrected chi connectivity index (χ3v) is 7.57. The summed E-state index contributed by atoms with van der Waals surface area (Å²) in [5.41, 5.74) is 1.64. The zero-order valence-corrected chi connectivity index (χ0v) is 18.4. The second-order valence-electron chi connectivity index (χ2n) is 9.06. The quantitative estimate of drug-likeness (QED) is 0.720. The molecule has 1 saturated carbocycles. The number of amides is 1. The van der Waals surface area contributed by atoms with Crippen LogP contribution in [0.4, 0.5) is 5.69 Å². The van der Waals surface area contributed by atoms with E-state index in [2.05, 4.69) is 15.1 Å². The van der Waals surface area contributed by atoms with Crippen molar-refractivity contribution in [1.29, 1.82) is 0 Å². The number of sulfonamides is 1. The normalized spacial score (nSPS) is 22.6. The minimum absolute atomic E-state index is 0.00851. The summed E-state index contributed by atoms with van der Waals surface area (Å²) >= 11 is 0. The lowest BCUT2D eigenvalue weighted by molar-refractivity contribution is -0.120. The van der Waals surface area contributed by atoms with Gasteiger partial charge in [-0.25, -0.2) is 18.5 Å². The second-order valence-corrected chi connectivity index (χ2v) is 10.6. The van der Waals surface area contributed by atoms with E-state index in [9.17, 15) is 13.2 Å². The maximum atomic E-state index is 13.1. The molecule has 3 heterocycles. The third kappa shape index (κ3) is 4.11. The molecule has 2 fully saturated rings. The Hall–Kier alpha value is -2.30. The maximum absolute atomic E-state index is 13.1. The molecule has 1 aromatic heterocycles. The van der Waals surface area contributed by atoms with Gasteiger partial charge in [-0.2, -0.15) is 5.10 Å². The fourth-order valence-electron chi connectivity index (χ4n) is 4.79. The highest BCUT2D eigenvalue weighted by molar-refractivity contribution is 7.89. The van der Waals surface area contributed by atoms with Gasteiger partial charge in [-0.1, -0.05) is 0 Å². The van der Waals surface area contributed by atoms with Gasteiger partial charge in [0, 0.05) is 23.6 Å². The number of nitrogens with two attached hydrogens (primary N) is 1. The van der Waals surface area contributed by atoms with Crippen molar-refractivity contribution in [3.05, 3.63) is 35.4 Å². The lowest BCUT2D eigenvalue weighted by atomic mass is 9.96. The highest BCUT2D eigenvalue weighted by atomic mass is 32.2. The van der Waals surface area contributed by atoms with Crippen LogP contribution in [-0.4, -0.2) is 60.1 Å². The van der Waals surface area contributed by atoms with E-state index in [1.807, 2.05) is 6.92 Å². The molecule has 9 nitrogen and oxygen atoms in total. The summed E-state index contributed by atoms with van der Waals surface area (Å²) in [6.07, 6.45) is 4.92. The SMILES string of the molecule is CC1Cc2cc(S(N)(=O)=O)ccc2N1C(=O)CN1CCC(c2nc(C3CC3)n[nH]2)CC1. The summed E-state index contributed by atoms with van der Waals surface area (Å²) in [5, 5.41) is 12.7. The van der Waals surface area contributed by atoms with Crippen LogP contribution in [-0.2, 0) is 21.2 Å². The second kappa shape index (κ2) is 7.68. The van der Waals surface area contributed by atoms with Crippen LogP contribution >= 0.6 is 0 Å². The van der Waals surface area contributed by atoms with Crippen molar-refractivity contribution in [2.45, 2.75) is 61.8 Å². The Morgan fingerprint density at radius 1 is 1.19 bits per heavy atom. The molecule has 31 heavy (non-hydrogen) atoms. The van der Waals surface area contributed by atoms with E-state index >= 15 is 0 Å². The number of aromatic nitrogens is 3. The van der Waals surface area contributed by atoms with Gasteiger partial charge in [0.25, 0.3) is 0 Å². The summed E-state index contributed by atoms with van der Waals surface area (Å²) in [7, 11) is -3.75. The van der Waals surface area contributed by atoms with E-state index < -0.39 is 10.0 Å². The van der Waals surface area contributed by atoms with Gasteiger partial charge >= 0.3 is 0 Å². The number of carbonyl (C=O) groups excluding carboxylic acids is 1. The molecule has 1 aliphatic carbocycles. The number of piperidine rings is 1. The number of nitrogens with one attached hydrogen (secondary N) is 1. The zero-order valence-electron chi connectivity index (χ0n) is 17.6. The molecular weight excluding hydrogens is 416 g/mol. The van der Waals surface area contributed by atoms with Crippen LogP contribution < -0.4 is 10.0 Å². The van der Waals surface area contributed by atoms with Gasteiger partial charge in [0.2, 0.25) is 15.9 Å². The molecule has 0 bridgehead atoms. The summed E-state index contributed by atoms with van der Waals surface area (Å²) in [4.78, 5) is 21.9. The lowest BCUT2D eigenvalue weighted by Crippen LogP contribution is -2.45. The predicted octanol–water partition coefficient (Wildman–Crippen LogP) is 1.49. The number of H-pyrrole nitrogens is 1. The van der Waals surface area contributed by atoms with Gasteiger partial charge in [-0.05, 0) is 75.9 Å². The average Bonchev–Trinajstić information content (AvgIpc) is 3.35. The average molecular weight is 445 g/mol. The molecule has 2 aliphatic heterocycles. The Bertz CT molecular complexity index is 1100. The smallest absolute Gasteiger partial charge is 0.241 e. The van der Waals surface area contributed by atoms with Gasteiger partial charge in [-0.3, -0.25) is 14.8 Å². The van der Waals surface area contributed by atoms with Crippen LogP contribution in [0.25, 0.3) is 0 Å². The third-order valence-electron chi connectivity index (χ3n) is 6.66. The van der Waals surface area contributed by atoms with E-state index in [1.165, 1.54) is 18.9 Å². The molecule has 1 saturated heterocycles. The fourth-order valence-corrected chi connectivity index (χ4v) is 5.36. The number of likely N-dealkylation sites (tertiary alicyclic amines) is 1. The van der Waals surface area contributed by atoms with Gasteiger partial charge in [0.05, 0.1) is 11.4 Å². The number of aromatic amines is 1. The number of anilines is 1. The molecule has 3 N–H and O–H groups in total. The van der Waals surface area contributed by atoms with Crippen molar-refractivity contribution < 1.29 is 13.2 Å². The van der Waals surface area contributed by atoms with Crippen LogP contribution in [0.2, 0.25) is 0 Å². The van der Waals surface area contributed by atoms with Gasteiger partial charge < -0.3 is 4.90 Å². The van der Waals surface area contributed by atoms with Crippen molar-refractivity contribution in [1.82, 2.24) is 20.1 Å². The minimum atomic E-state index is -3.75. The van der Waals surface area contributed by atoms with Crippen molar-refractivity contribution in [3.8, 4) is 0 Å². The minimum Gasteiger partial charge on any atom is -0.308 e. The molecule has 1 amide bonds. The Balaban J connectivity index is 1.21. The first kappa shape index (κ1) is 20.6. The van der Waals surface area contributed by atoms with Crippen LogP contribution in [0, 0.1) is 0 Å². The topological polar surface area (TPSA) is 125 Å². The highest BCUT2D eigenvalue weighted by Crippen LogP contribution is 2.39. The molecule has 2 aromatic rings. The largest absolute Gasteiger partial charge is 0.308 e. The molecule has 5 rings (SSSR count). The Labute approximate surface area is 182 Å². The van der Waals surface area contributed by atoms with Crippen LogP contribution in [0.3, 0.4) is 0 Å². The number of hydrogen-bond donors (Lipinski definition) is 2. The Morgan fingerprint density at radius 2 is 1.94 bits per heavy atom. The van der Waals surface area contributed by atoms with Crippen LogP contribution in [0.5, 0.6) is 0 Å². The molecule has 1 atom stereocenters. The summed E-state index contributed by atoms with van der Waals surface area (Å²) < 4.78 is 23.3. The van der Waals surface area contributed by atoms with Gasteiger partial charge in [0.15, 0.2) is 5.82 Å². The lowest BCUT2D eigenvalue weighted by Gasteiger charge is -2.32. The number of hydrogen-bond acceptors (Lipinski definition) is 6. The first-order valence-corrected chi connectivity index (χ1v) is 12.5. The predicted molar refractivity (Wildman–Crippen MR) is 115 cm³/mol. The number of carbonyl (C=O) groups is 1. The monoisotopic (exact) mass is 444 g/mol. The Kier molecular flexibility index (Phi) is 5.10. The molecule has 10 heteroatoms. The van der Waals surface area contributed by atoms with Crippen molar-refractivity contribution >= 4 is 21.6 Å². The molecule has 166 valence electrons. The van der Waals surface area contributed by atoms with Crippen molar-refractivity contribution in [3.63, 3.8) is 0 Å². The highest BCUT2D eigenvalue weighted by Gasteiger charge is 2.34. The maximum Gasteiger partial charge on any atom is 0.241 e. The Morgan fingerprint density at radius 3 is 2.61 bits per heavy atom. The van der Waals surface area contributed by atoms with E-state index in [0.717, 1.165) is 48.8 Å². The molecule has 0 spiro atoms. The molecule has 1 unspecified atom stereocenters. The first-order chi connectivity index (χ1) is 14.8. The number of nitrogens with zero attached hydrogens (tertiary/aromatic N) is 4. The molecular formula is C21H28N6O3S. The van der Waals surface area contributed by atoms with E-state index in [0.29, 0.717) is 24.8 Å². The molecule has 3 aliphatic rings. The standard InChI is InChI=1S/C21H28N6O3S/c1-13-10-16-11-17(31(22,29)30)4-5-18(16)27(13)19(28)12-26-8-6-15(7-9-26)21-23-20(24-25-21)14-2-3-14/h4-5,11,13-15H,2-3,6-10,12H2,1H3,(H2,22,29,30)(H,23,24,25). The molecule has 1 aromatic carbocycles. The summed E-state index contributed by atoms with van der Waals surface area (Å²) in [5.74, 6) is 2.91. The summed E-state index contributed by atoms with van der Waals surface area (Å²) in [6.45, 7) is 4.03. The fraction of sp³-hybridized carbons (Fsp3) is 0.571. The van der Waals surface area contributed by atoms with Crippen LogP contribution in [0.1, 0.15) is 61.7 Å². The van der Waals surface area contributed by atoms with Gasteiger partial charge in [-0.15, -0.1) is 0 Å². The number of primary sulfonamides is 1. The number of fused-ring (bicyclic) bond motifs is 1. The van der Waals surface area contributed by atoms with Crippen LogP contribution in [0.15, 0.2) is 23.1 Å². The van der Waals surface area contributed by atoms with E-state index in [-0.39, 0.29) is 16.8 Å². The van der Waals surface area contributed by atoms with Gasteiger partial charge in [0.1, 0.15) is 5.82 Å². The summed E-state index contributed by atoms with van der Waals surface area (Å²) in [6, 6.07) is 4.76. The van der Waals surface area contributed by atoms with E-state index in [4.69, 9.17) is 10.1 Å². The number of benzene rings is 1. The van der Waals surface area contributed by atoms with Crippen molar-refractivity contribution in [2.24, 2.45) is 5.14 Å². The van der Waals surface area contributed by atoms with Crippen molar-refractivity contribution in [2.75, 3.05) is 24.5 Å². The zero-order chi connectivity index (χ0) is 21.8.